The highest BCUT2D eigenvalue weighted by Gasteiger charge is 2.49. The molecule has 2 bridgehead atoms. The number of fused-ring (bicyclic) bond motifs is 5. The third-order valence-electron chi connectivity index (χ3n) is 10.3. The molecule has 11 heteroatoms. The van der Waals surface area contributed by atoms with Gasteiger partial charge in [0.2, 0.25) is 0 Å². The number of phenolic OH excluding ortho intramolecular Hbond substituents is 1. The van der Waals surface area contributed by atoms with Crippen molar-refractivity contribution < 1.29 is 18.6 Å². The minimum atomic E-state index is -0.873. The molecule has 222 valence electrons. The van der Waals surface area contributed by atoms with E-state index in [4.69, 9.17) is 21.3 Å². The first-order valence-corrected chi connectivity index (χ1v) is 15.6. The number of halogens is 3. The summed E-state index contributed by atoms with van der Waals surface area (Å²) in [7, 11) is 0. The van der Waals surface area contributed by atoms with Crippen molar-refractivity contribution in [3.8, 4) is 23.0 Å². The van der Waals surface area contributed by atoms with Gasteiger partial charge in [-0.3, -0.25) is 9.88 Å². The predicted octanol–water partition coefficient (Wildman–Crippen LogP) is 5.21. The Morgan fingerprint density at radius 3 is 2.83 bits per heavy atom. The number of pyridine rings is 1. The number of nitrogens with one attached hydrogen (secondary N) is 1. The highest BCUT2D eigenvalue weighted by molar-refractivity contribution is 6.32. The predicted molar refractivity (Wildman–Crippen MR) is 157 cm³/mol. The molecule has 6 fully saturated rings. The molecule has 6 aliphatic rings. The normalized spacial score (nSPS) is 32.1. The van der Waals surface area contributed by atoms with Gasteiger partial charge in [-0.15, -0.1) is 0 Å². The zero-order chi connectivity index (χ0) is 28.7. The average molecular weight is 597 g/mol. The standard InChI is InChI=1S/C31H35ClF2N6O2/c1-16-7-21(16)25-22(8-20(41)9-24(25)32)27-26(34)28-23(12-36-27)29(40-14-18-3-4-19(40)11-35-18)38-30(37-28)42-15-31-5-2-6-39(31)13-17(33)10-31/h8-9,12,16-19,21,35,41H,2-7,10-11,13-15H2,1H3/t16-,17-,18?,19?,21+,31+/m1/s1. The SMILES string of the molecule is C[C@@H]1C[C@@H]1c1c(Cl)cc(O)cc1-c1ncc2c(N3CC4CCC3CN4)nc(OC[C@@]34CCCN3C[C@H](F)C4)nc2c1F. The number of aromatic hydroxyl groups is 1. The van der Waals surface area contributed by atoms with Crippen LogP contribution in [-0.4, -0.2) is 81.5 Å². The Morgan fingerprint density at radius 1 is 1.24 bits per heavy atom. The molecule has 9 rings (SSSR count). The van der Waals surface area contributed by atoms with Crippen LogP contribution >= 0.6 is 11.6 Å². The number of aromatic nitrogens is 3. The van der Waals surface area contributed by atoms with Gasteiger partial charge in [0, 0.05) is 54.9 Å². The van der Waals surface area contributed by atoms with Crippen LogP contribution in [0.2, 0.25) is 5.02 Å². The molecule has 5 aliphatic heterocycles. The number of ether oxygens (including phenoxy) is 1. The molecule has 6 atom stereocenters. The zero-order valence-corrected chi connectivity index (χ0v) is 24.4. The van der Waals surface area contributed by atoms with Gasteiger partial charge in [-0.05, 0) is 68.2 Å². The number of hydrogen-bond acceptors (Lipinski definition) is 8. The van der Waals surface area contributed by atoms with Crippen LogP contribution in [0.4, 0.5) is 14.6 Å². The van der Waals surface area contributed by atoms with E-state index in [2.05, 4.69) is 32.0 Å². The second kappa shape index (κ2) is 9.86. The lowest BCUT2D eigenvalue weighted by atomic mass is 9.92. The van der Waals surface area contributed by atoms with Crippen molar-refractivity contribution in [1.82, 2.24) is 25.2 Å². The Morgan fingerprint density at radius 2 is 2.10 bits per heavy atom. The number of alkyl halides is 1. The summed E-state index contributed by atoms with van der Waals surface area (Å²) in [5, 5.41) is 14.9. The Bertz CT molecular complexity index is 1570. The fourth-order valence-electron chi connectivity index (χ4n) is 8.01. The number of rotatable bonds is 6. The lowest BCUT2D eigenvalue weighted by Gasteiger charge is -2.46. The van der Waals surface area contributed by atoms with Crippen LogP contribution in [0.15, 0.2) is 18.3 Å². The molecule has 0 amide bonds. The maximum absolute atomic E-state index is 16.7. The molecule has 1 aliphatic carbocycles. The van der Waals surface area contributed by atoms with Crippen molar-refractivity contribution in [2.45, 2.75) is 75.2 Å². The number of piperazine rings is 1. The van der Waals surface area contributed by atoms with Gasteiger partial charge in [-0.1, -0.05) is 18.5 Å². The molecule has 0 radical (unpaired) electrons. The first-order valence-electron chi connectivity index (χ1n) is 15.2. The van der Waals surface area contributed by atoms with Gasteiger partial charge >= 0.3 is 6.01 Å². The Hall–Kier alpha value is -2.82. The van der Waals surface area contributed by atoms with E-state index in [-0.39, 0.29) is 47.1 Å². The third-order valence-corrected chi connectivity index (χ3v) is 10.7. The minimum Gasteiger partial charge on any atom is -0.508 e. The van der Waals surface area contributed by atoms with Crippen LogP contribution in [0.25, 0.3) is 22.2 Å². The molecule has 7 heterocycles. The summed E-state index contributed by atoms with van der Waals surface area (Å²) >= 11 is 6.60. The molecule has 8 nitrogen and oxygen atoms in total. The fourth-order valence-corrected chi connectivity index (χ4v) is 8.36. The van der Waals surface area contributed by atoms with E-state index < -0.39 is 12.0 Å². The summed E-state index contributed by atoms with van der Waals surface area (Å²) in [5.74, 6) is 0.578. The summed E-state index contributed by atoms with van der Waals surface area (Å²) < 4.78 is 37.4. The van der Waals surface area contributed by atoms with Crippen LogP contribution in [0, 0.1) is 11.7 Å². The first kappa shape index (κ1) is 26.8. The number of nitrogens with zero attached hydrogens (tertiary/aromatic N) is 5. The second-order valence-electron chi connectivity index (χ2n) is 13.1. The summed E-state index contributed by atoms with van der Waals surface area (Å²) in [6.45, 7) is 5.27. The summed E-state index contributed by atoms with van der Waals surface area (Å²) in [6, 6.07) is 3.70. The molecule has 1 aromatic carbocycles. The van der Waals surface area contributed by atoms with Crippen molar-refractivity contribution in [2.24, 2.45) is 5.92 Å². The molecule has 2 aromatic heterocycles. The van der Waals surface area contributed by atoms with Gasteiger partial charge in [-0.25, -0.2) is 8.78 Å². The number of phenols is 1. The van der Waals surface area contributed by atoms with Crippen molar-refractivity contribution in [1.29, 1.82) is 0 Å². The largest absolute Gasteiger partial charge is 0.508 e. The Labute approximate surface area is 248 Å². The third kappa shape index (κ3) is 4.32. The van der Waals surface area contributed by atoms with Crippen molar-refractivity contribution in [3.05, 3.63) is 34.7 Å². The quantitative estimate of drug-likeness (QED) is 0.401. The zero-order valence-electron chi connectivity index (χ0n) is 23.6. The molecule has 1 saturated carbocycles. The maximum Gasteiger partial charge on any atom is 0.319 e. The number of benzene rings is 1. The van der Waals surface area contributed by atoms with Gasteiger partial charge < -0.3 is 20.1 Å². The molecule has 5 saturated heterocycles. The summed E-state index contributed by atoms with van der Waals surface area (Å²) in [5.41, 5.74) is 1.14. The van der Waals surface area contributed by atoms with Crippen molar-refractivity contribution in [2.75, 3.05) is 37.7 Å². The van der Waals surface area contributed by atoms with E-state index in [1.165, 1.54) is 6.07 Å². The molecular weight excluding hydrogens is 562 g/mol. The highest BCUT2D eigenvalue weighted by Crippen LogP contribution is 2.53. The van der Waals surface area contributed by atoms with Gasteiger partial charge in [0.15, 0.2) is 5.82 Å². The van der Waals surface area contributed by atoms with Crippen molar-refractivity contribution >= 4 is 28.3 Å². The maximum atomic E-state index is 16.7. The van der Waals surface area contributed by atoms with Gasteiger partial charge in [0.1, 0.15) is 35.6 Å². The lowest BCUT2D eigenvalue weighted by molar-refractivity contribution is 0.107. The lowest BCUT2D eigenvalue weighted by Crippen LogP contribution is -2.61. The monoisotopic (exact) mass is 596 g/mol. The summed E-state index contributed by atoms with van der Waals surface area (Å²) in [6.07, 6.45) is 6.12. The van der Waals surface area contributed by atoms with Crippen LogP contribution in [-0.2, 0) is 0 Å². The molecule has 3 aromatic rings. The average Bonchev–Trinajstić information content (AvgIpc) is 3.42. The van der Waals surface area contributed by atoms with Crippen LogP contribution in [0.3, 0.4) is 0 Å². The smallest absolute Gasteiger partial charge is 0.319 e. The Balaban J connectivity index is 1.24. The highest BCUT2D eigenvalue weighted by atomic mass is 35.5. The molecule has 0 spiro atoms. The number of anilines is 1. The number of piperidine rings is 2. The fraction of sp³-hybridized carbons (Fsp3) is 0.581. The van der Waals surface area contributed by atoms with Crippen LogP contribution in [0.1, 0.15) is 56.9 Å². The van der Waals surface area contributed by atoms with E-state index in [9.17, 15) is 9.50 Å². The van der Waals surface area contributed by atoms with Crippen LogP contribution < -0.4 is 15.0 Å². The van der Waals surface area contributed by atoms with E-state index in [1.54, 1.807) is 12.3 Å². The van der Waals surface area contributed by atoms with E-state index in [1.807, 2.05) is 0 Å². The Kier molecular flexibility index (Phi) is 6.28. The topological polar surface area (TPSA) is 86.6 Å². The first-order chi connectivity index (χ1) is 20.3. The van der Waals surface area contributed by atoms with Crippen LogP contribution in [0.5, 0.6) is 11.8 Å². The van der Waals surface area contributed by atoms with Crippen molar-refractivity contribution in [3.63, 3.8) is 0 Å². The van der Waals surface area contributed by atoms with E-state index in [0.29, 0.717) is 46.7 Å². The molecular formula is C31H35ClF2N6O2. The van der Waals surface area contributed by atoms with E-state index >= 15 is 4.39 Å². The van der Waals surface area contributed by atoms with Gasteiger partial charge in [0.25, 0.3) is 0 Å². The molecule has 42 heavy (non-hydrogen) atoms. The van der Waals surface area contributed by atoms with E-state index in [0.717, 1.165) is 57.3 Å². The summed E-state index contributed by atoms with van der Waals surface area (Å²) in [4.78, 5) is 18.5. The van der Waals surface area contributed by atoms with Gasteiger partial charge in [-0.2, -0.15) is 9.97 Å². The number of hydrogen-bond donors (Lipinski definition) is 2. The second-order valence-corrected chi connectivity index (χ2v) is 13.5. The molecule has 2 N–H and O–H groups in total. The molecule has 2 unspecified atom stereocenters. The minimum absolute atomic E-state index is 0.0410. The van der Waals surface area contributed by atoms with Gasteiger partial charge in [0.05, 0.1) is 10.9 Å².